The van der Waals surface area contributed by atoms with Crippen molar-refractivity contribution in [1.82, 2.24) is 15.0 Å². The Kier molecular flexibility index (Phi) is 6.27. The lowest BCUT2D eigenvalue weighted by Crippen LogP contribution is -2.13. The highest BCUT2D eigenvalue weighted by atomic mass is 16.6. The van der Waals surface area contributed by atoms with Crippen molar-refractivity contribution in [2.45, 2.75) is 6.42 Å². The number of nitrogens with zero attached hydrogens (tertiary/aromatic N) is 4. The highest BCUT2D eigenvalue weighted by molar-refractivity contribution is 6.03. The average Bonchev–Trinajstić information content (AvgIpc) is 2.91. The van der Waals surface area contributed by atoms with Gasteiger partial charge in [0.2, 0.25) is 0 Å². The van der Waals surface area contributed by atoms with Crippen LogP contribution < -0.4 is 10.6 Å². The molecule has 0 atom stereocenters. The van der Waals surface area contributed by atoms with Gasteiger partial charge in [-0.05, 0) is 66.1 Å². The second kappa shape index (κ2) is 9.98. The van der Waals surface area contributed by atoms with Gasteiger partial charge in [-0.2, -0.15) is 0 Å². The van der Waals surface area contributed by atoms with Crippen molar-refractivity contribution in [3.8, 4) is 0 Å². The molecular formula is C27H20N6O3. The number of fused-ring (bicyclic) bond motifs is 1. The molecule has 2 aromatic carbocycles. The van der Waals surface area contributed by atoms with Gasteiger partial charge in [-0.15, -0.1) is 0 Å². The normalized spacial score (nSPS) is 10.7. The van der Waals surface area contributed by atoms with Crippen LogP contribution in [0.3, 0.4) is 0 Å². The summed E-state index contributed by atoms with van der Waals surface area (Å²) in [6.07, 6.45) is 7.48. The van der Waals surface area contributed by atoms with E-state index in [0.29, 0.717) is 28.0 Å². The Hall–Kier alpha value is -5.18. The molecule has 0 radical (unpaired) electrons. The van der Waals surface area contributed by atoms with Gasteiger partial charge in [-0.1, -0.05) is 12.1 Å². The van der Waals surface area contributed by atoms with Gasteiger partial charge in [0.1, 0.15) is 5.69 Å². The monoisotopic (exact) mass is 476 g/mol. The van der Waals surface area contributed by atoms with Crippen LogP contribution in [-0.4, -0.2) is 25.8 Å². The average molecular weight is 476 g/mol. The molecule has 1 amide bonds. The van der Waals surface area contributed by atoms with E-state index in [1.165, 1.54) is 18.3 Å². The molecule has 5 rings (SSSR count). The minimum atomic E-state index is -0.445. The summed E-state index contributed by atoms with van der Waals surface area (Å²) in [6, 6.07) is 21.2. The number of nitro benzene ring substituents is 1. The van der Waals surface area contributed by atoms with E-state index < -0.39 is 4.92 Å². The topological polar surface area (TPSA) is 123 Å². The van der Waals surface area contributed by atoms with Gasteiger partial charge in [0.15, 0.2) is 0 Å². The van der Waals surface area contributed by atoms with Crippen LogP contribution in [0.1, 0.15) is 21.6 Å². The second-order valence-electron chi connectivity index (χ2n) is 8.06. The van der Waals surface area contributed by atoms with Gasteiger partial charge in [0.25, 0.3) is 11.6 Å². The van der Waals surface area contributed by atoms with E-state index in [4.69, 9.17) is 0 Å². The quantitative estimate of drug-likeness (QED) is 0.234. The molecule has 0 aliphatic rings. The fourth-order valence-corrected chi connectivity index (χ4v) is 3.75. The van der Waals surface area contributed by atoms with Crippen molar-refractivity contribution in [1.29, 1.82) is 0 Å². The van der Waals surface area contributed by atoms with E-state index in [9.17, 15) is 14.9 Å². The van der Waals surface area contributed by atoms with Crippen molar-refractivity contribution in [3.05, 3.63) is 125 Å². The number of aromatic nitrogens is 3. The molecule has 5 aromatic rings. The third-order valence-corrected chi connectivity index (χ3v) is 5.58. The molecule has 0 aliphatic carbocycles. The number of rotatable bonds is 7. The molecule has 0 unspecified atom stereocenters. The predicted molar refractivity (Wildman–Crippen MR) is 137 cm³/mol. The van der Waals surface area contributed by atoms with Crippen molar-refractivity contribution < 1.29 is 9.72 Å². The Labute approximate surface area is 206 Å². The molecule has 0 spiro atoms. The van der Waals surface area contributed by atoms with Crippen LogP contribution in [0.5, 0.6) is 0 Å². The number of hydrogen-bond acceptors (Lipinski definition) is 7. The summed E-state index contributed by atoms with van der Waals surface area (Å²) in [6.45, 7) is 0. The number of anilines is 3. The zero-order chi connectivity index (χ0) is 24.9. The molecule has 0 fully saturated rings. The van der Waals surface area contributed by atoms with E-state index in [-0.39, 0.29) is 17.3 Å². The van der Waals surface area contributed by atoms with E-state index in [2.05, 4.69) is 25.6 Å². The lowest BCUT2D eigenvalue weighted by Gasteiger charge is -2.10. The fraction of sp³-hybridized carbons (Fsp3) is 0.0370. The summed E-state index contributed by atoms with van der Waals surface area (Å²) in [4.78, 5) is 35.9. The van der Waals surface area contributed by atoms with E-state index in [1.54, 1.807) is 42.9 Å². The van der Waals surface area contributed by atoms with Crippen LogP contribution in [0.25, 0.3) is 10.9 Å². The number of nitrogens with one attached hydrogen (secondary N) is 2. The number of nitro groups is 1. The molecule has 9 nitrogen and oxygen atoms in total. The van der Waals surface area contributed by atoms with Gasteiger partial charge in [-0.3, -0.25) is 24.9 Å². The van der Waals surface area contributed by atoms with Crippen molar-refractivity contribution >= 4 is 39.6 Å². The highest BCUT2D eigenvalue weighted by Gasteiger charge is 2.11. The standard InChI is InChI=1S/C27H20N6O3/c34-27(32-20-3-1-18(2-4-20)15-19-9-12-28-13-10-19)26-7-5-21(17-30-26)31-25-11-14-29-24-8-6-22(33(35)36)16-23(24)25/h1-14,16-17H,15H2,(H,29,31)(H,32,34). The Bertz CT molecular complexity index is 1540. The van der Waals surface area contributed by atoms with Crippen LogP contribution in [0.4, 0.5) is 22.7 Å². The van der Waals surface area contributed by atoms with Crippen LogP contribution >= 0.6 is 0 Å². The van der Waals surface area contributed by atoms with Gasteiger partial charge in [-0.25, -0.2) is 4.98 Å². The maximum Gasteiger partial charge on any atom is 0.274 e. The summed E-state index contributed by atoms with van der Waals surface area (Å²) in [5, 5.41) is 17.8. The number of amides is 1. The molecule has 0 saturated carbocycles. The first-order valence-corrected chi connectivity index (χ1v) is 11.1. The molecule has 176 valence electrons. The molecule has 36 heavy (non-hydrogen) atoms. The third-order valence-electron chi connectivity index (χ3n) is 5.58. The molecule has 0 aliphatic heterocycles. The lowest BCUT2D eigenvalue weighted by atomic mass is 10.1. The van der Waals surface area contributed by atoms with Crippen LogP contribution in [0, 0.1) is 10.1 Å². The maximum atomic E-state index is 12.7. The van der Waals surface area contributed by atoms with Gasteiger partial charge in [0.05, 0.1) is 22.3 Å². The largest absolute Gasteiger partial charge is 0.354 e. The van der Waals surface area contributed by atoms with Crippen molar-refractivity contribution in [2.24, 2.45) is 0 Å². The number of hydrogen-bond donors (Lipinski definition) is 2. The fourth-order valence-electron chi connectivity index (χ4n) is 3.75. The molecular weight excluding hydrogens is 456 g/mol. The zero-order valence-corrected chi connectivity index (χ0v) is 19.0. The molecule has 2 N–H and O–H groups in total. The number of carbonyl (C=O) groups is 1. The summed E-state index contributed by atoms with van der Waals surface area (Å²) in [5.74, 6) is -0.326. The Balaban J connectivity index is 1.25. The SMILES string of the molecule is O=C(Nc1ccc(Cc2ccncc2)cc1)c1ccc(Nc2ccnc3ccc([N+](=O)[O-])cc23)cn1. The second-order valence-corrected chi connectivity index (χ2v) is 8.06. The van der Waals surface area contributed by atoms with Gasteiger partial charge >= 0.3 is 0 Å². The third kappa shape index (κ3) is 5.15. The first kappa shape index (κ1) is 22.6. The van der Waals surface area contributed by atoms with E-state index in [1.807, 2.05) is 36.4 Å². The number of non-ortho nitro benzene ring substituents is 1. The number of benzene rings is 2. The smallest absolute Gasteiger partial charge is 0.274 e. The van der Waals surface area contributed by atoms with Gasteiger partial charge in [0, 0.05) is 47.5 Å². The molecule has 9 heteroatoms. The Morgan fingerprint density at radius 1 is 0.833 bits per heavy atom. The van der Waals surface area contributed by atoms with Crippen LogP contribution in [0.2, 0.25) is 0 Å². The molecule has 0 bridgehead atoms. The molecule has 0 saturated heterocycles. The first-order valence-electron chi connectivity index (χ1n) is 11.1. The Morgan fingerprint density at radius 3 is 2.31 bits per heavy atom. The highest BCUT2D eigenvalue weighted by Crippen LogP contribution is 2.28. The van der Waals surface area contributed by atoms with Crippen LogP contribution in [-0.2, 0) is 6.42 Å². The molecule has 3 aromatic heterocycles. The summed E-state index contributed by atoms with van der Waals surface area (Å²) in [5.41, 5.74) is 5.11. The lowest BCUT2D eigenvalue weighted by molar-refractivity contribution is -0.384. The van der Waals surface area contributed by atoms with E-state index in [0.717, 1.165) is 17.5 Å². The summed E-state index contributed by atoms with van der Waals surface area (Å²) < 4.78 is 0. The van der Waals surface area contributed by atoms with Crippen molar-refractivity contribution in [2.75, 3.05) is 10.6 Å². The van der Waals surface area contributed by atoms with E-state index >= 15 is 0 Å². The van der Waals surface area contributed by atoms with Crippen LogP contribution in [0.15, 0.2) is 97.6 Å². The number of pyridine rings is 3. The molecule has 3 heterocycles. The predicted octanol–water partition coefficient (Wildman–Crippen LogP) is 5.52. The number of carbonyl (C=O) groups excluding carboxylic acids is 1. The van der Waals surface area contributed by atoms with Gasteiger partial charge < -0.3 is 10.6 Å². The summed E-state index contributed by atoms with van der Waals surface area (Å²) in [7, 11) is 0. The minimum absolute atomic E-state index is 0.0194. The Morgan fingerprint density at radius 2 is 1.58 bits per heavy atom. The zero-order valence-electron chi connectivity index (χ0n) is 19.0. The van der Waals surface area contributed by atoms with Crippen molar-refractivity contribution in [3.63, 3.8) is 0 Å². The minimum Gasteiger partial charge on any atom is -0.354 e. The summed E-state index contributed by atoms with van der Waals surface area (Å²) >= 11 is 0. The maximum absolute atomic E-state index is 12.7. The first-order chi connectivity index (χ1) is 17.5.